The summed E-state index contributed by atoms with van der Waals surface area (Å²) < 4.78 is 5.83. The number of carbonyl (C=O) groups excluding carboxylic acids is 3. The molecule has 38 heavy (non-hydrogen) atoms. The van der Waals surface area contributed by atoms with Crippen molar-refractivity contribution >= 4 is 46.5 Å². The monoisotopic (exact) mass is 559 g/mol. The number of ether oxygens (including phenoxy) is 1. The molecule has 11 heteroatoms. The van der Waals surface area contributed by atoms with E-state index in [0.717, 1.165) is 5.56 Å². The van der Waals surface area contributed by atoms with Crippen molar-refractivity contribution in [2.75, 3.05) is 20.2 Å². The van der Waals surface area contributed by atoms with Crippen LogP contribution in [0.1, 0.15) is 25.8 Å². The van der Waals surface area contributed by atoms with Crippen molar-refractivity contribution in [1.29, 1.82) is 0 Å². The molecule has 0 saturated carbocycles. The van der Waals surface area contributed by atoms with Gasteiger partial charge in [0.25, 0.3) is 5.91 Å². The van der Waals surface area contributed by atoms with Gasteiger partial charge < -0.3 is 21.1 Å². The summed E-state index contributed by atoms with van der Waals surface area (Å²) in [5.74, 6) is -0.660. The number of hydrogen-bond donors (Lipinski definition) is 3. The van der Waals surface area contributed by atoms with Crippen molar-refractivity contribution in [2.45, 2.75) is 44.3 Å². The van der Waals surface area contributed by atoms with Gasteiger partial charge in [-0.25, -0.2) is 5.01 Å². The predicted octanol–water partition coefficient (Wildman–Crippen LogP) is 2.58. The molecule has 0 spiro atoms. The minimum atomic E-state index is -1.23. The number of fused-ring (bicyclic) bond motifs is 1. The van der Waals surface area contributed by atoms with Gasteiger partial charge in [0.2, 0.25) is 5.91 Å². The van der Waals surface area contributed by atoms with E-state index in [1.54, 1.807) is 39.1 Å². The van der Waals surface area contributed by atoms with Gasteiger partial charge in [-0.2, -0.15) is 5.10 Å². The van der Waals surface area contributed by atoms with Crippen molar-refractivity contribution in [3.8, 4) is 5.75 Å². The van der Waals surface area contributed by atoms with Crippen LogP contribution in [0.2, 0.25) is 10.0 Å². The molecule has 9 nitrogen and oxygen atoms in total. The molecule has 2 amide bonds. The first-order valence-corrected chi connectivity index (χ1v) is 13.0. The highest BCUT2D eigenvalue weighted by atomic mass is 35.5. The molecule has 0 aliphatic carbocycles. The molecule has 2 aliphatic rings. The third-order valence-corrected chi connectivity index (χ3v) is 7.21. The highest BCUT2D eigenvalue weighted by Crippen LogP contribution is 2.39. The fourth-order valence-corrected chi connectivity index (χ4v) is 5.28. The number of halogens is 2. The Balaban J connectivity index is 1.59. The summed E-state index contributed by atoms with van der Waals surface area (Å²) in [7, 11) is 1.62. The fourth-order valence-electron chi connectivity index (χ4n) is 4.77. The van der Waals surface area contributed by atoms with Crippen LogP contribution in [0.5, 0.6) is 5.75 Å². The molecule has 2 heterocycles. The van der Waals surface area contributed by atoms with Gasteiger partial charge in [-0.1, -0.05) is 53.5 Å². The molecule has 0 radical (unpaired) electrons. The SMILES string of the molecule is CN1N=C2CNC(C(=O)[C@@H](COc3cc(Cl)cc(Cl)c3)NC(=O)C(C)(C)N)C[C@@]2(Cc2ccccc2)C1=O. The second kappa shape index (κ2) is 11.0. The number of amides is 2. The summed E-state index contributed by atoms with van der Waals surface area (Å²) in [6.07, 6.45) is 0.593. The number of nitrogens with two attached hydrogens (primary N) is 1. The zero-order chi connectivity index (χ0) is 27.7. The lowest BCUT2D eigenvalue weighted by molar-refractivity contribution is -0.137. The van der Waals surface area contributed by atoms with Crippen LogP contribution in [-0.2, 0) is 20.8 Å². The van der Waals surface area contributed by atoms with Gasteiger partial charge in [0.15, 0.2) is 5.78 Å². The number of piperidine rings is 1. The van der Waals surface area contributed by atoms with Crippen LogP contribution in [0.25, 0.3) is 0 Å². The van der Waals surface area contributed by atoms with Gasteiger partial charge in [-0.3, -0.25) is 14.4 Å². The molecule has 4 rings (SSSR count). The summed E-state index contributed by atoms with van der Waals surface area (Å²) >= 11 is 12.2. The third kappa shape index (κ3) is 6.02. The average molecular weight is 560 g/mol. The number of hydrazone groups is 1. The zero-order valence-electron chi connectivity index (χ0n) is 21.5. The Morgan fingerprint density at radius 3 is 2.53 bits per heavy atom. The molecule has 1 unspecified atom stereocenters. The number of carbonyl (C=O) groups is 3. The summed E-state index contributed by atoms with van der Waals surface area (Å²) in [5.41, 5.74) is 5.44. The Hall–Kier alpha value is -2.98. The highest BCUT2D eigenvalue weighted by Gasteiger charge is 2.54. The molecular weight excluding hydrogens is 529 g/mol. The maximum Gasteiger partial charge on any atom is 0.254 e. The number of hydrogen-bond acceptors (Lipinski definition) is 7. The molecule has 2 aliphatic heterocycles. The van der Waals surface area contributed by atoms with Crippen LogP contribution in [-0.4, -0.2) is 66.1 Å². The van der Waals surface area contributed by atoms with Crippen LogP contribution in [0, 0.1) is 5.41 Å². The van der Waals surface area contributed by atoms with Crippen LogP contribution in [0.4, 0.5) is 0 Å². The van der Waals surface area contributed by atoms with E-state index < -0.39 is 28.9 Å². The molecular formula is C27H31Cl2N5O4. The molecule has 1 fully saturated rings. The quantitative estimate of drug-likeness (QED) is 0.433. The Morgan fingerprint density at radius 1 is 1.24 bits per heavy atom. The zero-order valence-corrected chi connectivity index (χ0v) is 23.0. The largest absolute Gasteiger partial charge is 0.491 e. The van der Waals surface area contributed by atoms with Crippen molar-refractivity contribution in [1.82, 2.24) is 15.6 Å². The van der Waals surface area contributed by atoms with E-state index in [1.165, 1.54) is 5.01 Å². The second-order valence-electron chi connectivity index (χ2n) is 10.3. The average Bonchev–Trinajstić information content (AvgIpc) is 3.09. The number of rotatable bonds is 9. The molecule has 3 atom stereocenters. The van der Waals surface area contributed by atoms with Gasteiger partial charge >= 0.3 is 0 Å². The maximum atomic E-state index is 13.9. The topological polar surface area (TPSA) is 126 Å². The van der Waals surface area contributed by atoms with Crippen molar-refractivity contribution in [2.24, 2.45) is 16.3 Å². The summed E-state index contributed by atoms with van der Waals surface area (Å²) in [6, 6.07) is 12.5. The van der Waals surface area contributed by atoms with Crippen molar-refractivity contribution < 1.29 is 19.1 Å². The minimum absolute atomic E-state index is 0.163. The third-order valence-electron chi connectivity index (χ3n) is 6.77. The lowest BCUT2D eigenvalue weighted by atomic mass is 9.69. The lowest BCUT2D eigenvalue weighted by Crippen LogP contribution is -2.62. The standard InChI is InChI=1S/C27H31Cl2N5O4/c1-26(2,30)24(36)32-21(15-38-19-10-17(28)9-18(29)11-19)23(35)20-13-27(12-16-7-5-4-6-8-16)22(14-31-20)33-34(3)25(27)37/h4-11,20-21,31H,12-15,30H2,1-3H3,(H,32,36)/t20?,21-,27-/m1/s1. The smallest absolute Gasteiger partial charge is 0.254 e. The Bertz CT molecular complexity index is 1240. The number of Topliss-reactive ketones (excluding diaryl/α,β-unsaturated/α-hetero) is 1. The predicted molar refractivity (Wildman–Crippen MR) is 146 cm³/mol. The van der Waals surface area contributed by atoms with E-state index in [-0.39, 0.29) is 31.3 Å². The summed E-state index contributed by atoms with van der Waals surface area (Å²) in [5, 5.41) is 12.5. The van der Waals surface area contributed by atoms with E-state index in [4.69, 9.17) is 33.7 Å². The molecule has 2 aromatic rings. The van der Waals surface area contributed by atoms with Gasteiger partial charge in [-0.15, -0.1) is 0 Å². The van der Waals surface area contributed by atoms with E-state index in [2.05, 4.69) is 15.7 Å². The van der Waals surface area contributed by atoms with Crippen LogP contribution in [0.3, 0.4) is 0 Å². The van der Waals surface area contributed by atoms with Gasteiger partial charge in [0.05, 0.1) is 22.7 Å². The Morgan fingerprint density at radius 2 is 1.89 bits per heavy atom. The highest BCUT2D eigenvalue weighted by molar-refractivity contribution is 6.34. The van der Waals surface area contributed by atoms with Crippen molar-refractivity contribution in [3.63, 3.8) is 0 Å². The number of nitrogens with one attached hydrogen (secondary N) is 2. The van der Waals surface area contributed by atoms with Crippen LogP contribution < -0.4 is 21.1 Å². The molecule has 1 saturated heterocycles. The first kappa shape index (κ1) is 28.0. The summed E-state index contributed by atoms with van der Waals surface area (Å²) in [6.45, 7) is 3.17. The van der Waals surface area contributed by atoms with Crippen molar-refractivity contribution in [3.05, 3.63) is 64.1 Å². The van der Waals surface area contributed by atoms with E-state index in [9.17, 15) is 14.4 Å². The Kier molecular flexibility index (Phi) is 8.13. The lowest BCUT2D eigenvalue weighted by Gasteiger charge is -2.38. The maximum absolute atomic E-state index is 13.9. The van der Waals surface area contributed by atoms with Gasteiger partial charge in [0.1, 0.15) is 18.4 Å². The Labute approximate surface area is 231 Å². The van der Waals surface area contributed by atoms with Gasteiger partial charge in [0, 0.05) is 23.6 Å². The normalized spacial score (nSPS) is 21.9. The summed E-state index contributed by atoms with van der Waals surface area (Å²) in [4.78, 5) is 40.1. The van der Waals surface area contributed by atoms with E-state index in [0.29, 0.717) is 27.9 Å². The molecule has 0 bridgehead atoms. The molecule has 2 aromatic carbocycles. The second-order valence-corrected chi connectivity index (χ2v) is 11.2. The van der Waals surface area contributed by atoms with Crippen LogP contribution >= 0.6 is 23.2 Å². The van der Waals surface area contributed by atoms with Crippen LogP contribution in [0.15, 0.2) is 53.6 Å². The number of ketones is 1. The molecule has 4 N–H and O–H groups in total. The molecule has 0 aromatic heterocycles. The molecule has 202 valence electrons. The minimum Gasteiger partial charge on any atom is -0.491 e. The first-order chi connectivity index (χ1) is 17.9. The fraction of sp³-hybridized carbons (Fsp3) is 0.407. The van der Waals surface area contributed by atoms with Gasteiger partial charge in [-0.05, 0) is 50.5 Å². The first-order valence-electron chi connectivity index (χ1n) is 12.2. The van der Waals surface area contributed by atoms with E-state index in [1.807, 2.05) is 30.3 Å². The number of benzene rings is 2. The number of nitrogens with zero attached hydrogens (tertiary/aromatic N) is 2. The van der Waals surface area contributed by atoms with E-state index >= 15 is 0 Å².